The highest BCUT2D eigenvalue weighted by Crippen LogP contribution is 2.41. The van der Waals surface area contributed by atoms with Crippen molar-refractivity contribution in [3.8, 4) is 5.88 Å². The van der Waals surface area contributed by atoms with Crippen molar-refractivity contribution < 1.29 is 14.0 Å². The topological polar surface area (TPSA) is 72.3 Å². The first kappa shape index (κ1) is 12.5. The van der Waals surface area contributed by atoms with E-state index in [1.807, 2.05) is 20.1 Å². The van der Waals surface area contributed by atoms with Gasteiger partial charge in [0.25, 0.3) is 5.88 Å². The minimum absolute atomic E-state index is 0.124. The lowest BCUT2D eigenvalue weighted by Crippen LogP contribution is -2.00. The molecule has 1 rings (SSSR count). The summed E-state index contributed by atoms with van der Waals surface area (Å²) in [6.45, 7) is 4.82. The third-order valence-corrected chi connectivity index (χ3v) is 3.23. The number of nitrogens with zero attached hydrogens (tertiary/aromatic N) is 2. The van der Waals surface area contributed by atoms with E-state index >= 15 is 0 Å². The van der Waals surface area contributed by atoms with Crippen LogP contribution < -0.4 is 4.52 Å². The SMILES string of the molecule is CSc1c(OP(C)(=O)O)nnc(C)c1C. The number of aryl methyl sites for hydroxylation is 1. The second-order valence-electron chi connectivity index (χ2n) is 3.14. The van der Waals surface area contributed by atoms with Crippen LogP contribution in [0.25, 0.3) is 0 Å². The largest absolute Gasteiger partial charge is 0.403 e. The quantitative estimate of drug-likeness (QED) is 0.651. The van der Waals surface area contributed by atoms with Crippen molar-refractivity contribution in [2.75, 3.05) is 12.9 Å². The first-order valence-corrected chi connectivity index (χ1v) is 7.48. The molecule has 0 fully saturated rings. The summed E-state index contributed by atoms with van der Waals surface area (Å²) >= 11 is 1.42. The van der Waals surface area contributed by atoms with Crippen LogP contribution in [0, 0.1) is 13.8 Å². The van der Waals surface area contributed by atoms with Crippen LogP contribution in [0.2, 0.25) is 0 Å². The highest BCUT2D eigenvalue weighted by atomic mass is 32.2. The lowest BCUT2D eigenvalue weighted by molar-refractivity contribution is 0.374. The van der Waals surface area contributed by atoms with E-state index in [-0.39, 0.29) is 5.88 Å². The molecule has 1 aromatic heterocycles. The van der Waals surface area contributed by atoms with Crippen molar-refractivity contribution in [2.24, 2.45) is 0 Å². The van der Waals surface area contributed by atoms with E-state index in [0.29, 0.717) is 0 Å². The monoisotopic (exact) mass is 248 g/mol. The molecule has 1 N–H and O–H groups in total. The van der Waals surface area contributed by atoms with Gasteiger partial charge in [0.05, 0.1) is 10.6 Å². The zero-order valence-electron chi connectivity index (χ0n) is 9.01. The zero-order chi connectivity index (χ0) is 11.6. The first-order chi connectivity index (χ1) is 6.85. The molecule has 0 aliphatic heterocycles. The Morgan fingerprint density at radius 1 is 1.40 bits per heavy atom. The summed E-state index contributed by atoms with van der Waals surface area (Å²) in [4.78, 5) is 9.86. The lowest BCUT2D eigenvalue weighted by atomic mass is 10.2. The van der Waals surface area contributed by atoms with Gasteiger partial charge in [0.15, 0.2) is 0 Å². The molecule has 0 saturated heterocycles. The fourth-order valence-electron chi connectivity index (χ4n) is 1.03. The van der Waals surface area contributed by atoms with E-state index in [4.69, 9.17) is 9.42 Å². The van der Waals surface area contributed by atoms with Gasteiger partial charge in [-0.2, -0.15) is 5.10 Å². The summed E-state index contributed by atoms with van der Waals surface area (Å²) in [6, 6.07) is 0. The molecule has 1 unspecified atom stereocenters. The van der Waals surface area contributed by atoms with E-state index in [9.17, 15) is 4.57 Å². The third kappa shape index (κ3) is 3.19. The van der Waals surface area contributed by atoms with Gasteiger partial charge < -0.3 is 9.42 Å². The van der Waals surface area contributed by atoms with E-state index in [1.54, 1.807) is 0 Å². The minimum atomic E-state index is -3.58. The Kier molecular flexibility index (Phi) is 3.76. The van der Waals surface area contributed by atoms with Gasteiger partial charge in [-0.05, 0) is 25.7 Å². The van der Waals surface area contributed by atoms with Crippen LogP contribution in [0.15, 0.2) is 4.90 Å². The Labute approximate surface area is 92.8 Å². The number of hydrogen-bond donors (Lipinski definition) is 1. The van der Waals surface area contributed by atoms with Crippen LogP contribution in [0.4, 0.5) is 0 Å². The van der Waals surface area contributed by atoms with Crippen LogP contribution in [0.5, 0.6) is 5.88 Å². The highest BCUT2D eigenvalue weighted by Gasteiger charge is 2.18. The predicted octanol–water partition coefficient (Wildman–Crippen LogP) is 2.01. The summed E-state index contributed by atoms with van der Waals surface area (Å²) in [5.74, 6) is 0.124. The molecule has 84 valence electrons. The third-order valence-electron chi connectivity index (χ3n) is 1.83. The standard InChI is InChI=1S/C8H13N2O3PS/c1-5-6(2)9-10-8(7(5)15-4)13-14(3,11)12/h1-4H3,(H,11,12). The van der Waals surface area contributed by atoms with Gasteiger partial charge in [-0.3, -0.25) is 0 Å². The molecular weight excluding hydrogens is 235 g/mol. The van der Waals surface area contributed by atoms with Gasteiger partial charge in [0.2, 0.25) is 0 Å². The molecule has 0 aromatic carbocycles. The Bertz CT molecular complexity index is 419. The molecule has 0 aliphatic rings. The second-order valence-corrected chi connectivity index (χ2v) is 5.75. The maximum Gasteiger partial charge on any atom is 0.374 e. The van der Waals surface area contributed by atoms with E-state index in [2.05, 4.69) is 10.2 Å². The van der Waals surface area contributed by atoms with E-state index < -0.39 is 7.60 Å². The molecule has 1 atom stereocenters. The molecule has 0 spiro atoms. The summed E-state index contributed by atoms with van der Waals surface area (Å²) in [7, 11) is -3.58. The van der Waals surface area contributed by atoms with Crippen LogP contribution in [0.3, 0.4) is 0 Å². The summed E-state index contributed by atoms with van der Waals surface area (Å²) in [5.41, 5.74) is 1.71. The predicted molar refractivity (Wildman–Crippen MR) is 59.7 cm³/mol. The average Bonchev–Trinajstić information content (AvgIpc) is 2.10. The van der Waals surface area contributed by atoms with Crippen molar-refractivity contribution in [3.05, 3.63) is 11.3 Å². The summed E-state index contributed by atoms with van der Waals surface area (Å²) in [5, 5.41) is 7.62. The van der Waals surface area contributed by atoms with Gasteiger partial charge in [-0.15, -0.1) is 16.9 Å². The van der Waals surface area contributed by atoms with Crippen LogP contribution in [-0.4, -0.2) is 28.0 Å². The Balaban J connectivity index is 3.19. The van der Waals surface area contributed by atoms with Crippen molar-refractivity contribution in [3.63, 3.8) is 0 Å². The lowest BCUT2D eigenvalue weighted by Gasteiger charge is -2.12. The smallest absolute Gasteiger partial charge is 0.374 e. The molecule has 0 radical (unpaired) electrons. The van der Waals surface area contributed by atoms with Crippen molar-refractivity contribution in [1.29, 1.82) is 0 Å². The van der Waals surface area contributed by atoms with Crippen LogP contribution in [-0.2, 0) is 4.57 Å². The number of thioether (sulfide) groups is 1. The maximum absolute atomic E-state index is 11.1. The Hall–Kier alpha value is -0.580. The van der Waals surface area contributed by atoms with Gasteiger partial charge in [-0.1, -0.05) is 0 Å². The van der Waals surface area contributed by atoms with Gasteiger partial charge >= 0.3 is 7.60 Å². The maximum atomic E-state index is 11.1. The Morgan fingerprint density at radius 2 is 2.00 bits per heavy atom. The van der Waals surface area contributed by atoms with Crippen molar-refractivity contribution in [1.82, 2.24) is 10.2 Å². The highest BCUT2D eigenvalue weighted by molar-refractivity contribution is 7.98. The number of rotatable bonds is 3. The van der Waals surface area contributed by atoms with Crippen molar-refractivity contribution in [2.45, 2.75) is 18.7 Å². The summed E-state index contributed by atoms with van der Waals surface area (Å²) < 4.78 is 16.0. The minimum Gasteiger partial charge on any atom is -0.403 e. The average molecular weight is 248 g/mol. The number of hydrogen-bond acceptors (Lipinski definition) is 5. The van der Waals surface area contributed by atoms with Gasteiger partial charge in [-0.25, -0.2) is 4.57 Å². The zero-order valence-corrected chi connectivity index (χ0v) is 10.7. The molecular formula is C8H13N2O3PS. The van der Waals surface area contributed by atoms with Gasteiger partial charge in [0, 0.05) is 6.66 Å². The van der Waals surface area contributed by atoms with Gasteiger partial charge in [0.1, 0.15) is 0 Å². The van der Waals surface area contributed by atoms with Crippen molar-refractivity contribution >= 4 is 19.4 Å². The molecule has 1 aromatic rings. The number of aromatic nitrogens is 2. The second kappa shape index (κ2) is 4.51. The molecule has 15 heavy (non-hydrogen) atoms. The van der Waals surface area contributed by atoms with E-state index in [1.165, 1.54) is 11.8 Å². The fourth-order valence-corrected chi connectivity index (χ4v) is 2.25. The molecule has 1 heterocycles. The molecule has 5 nitrogen and oxygen atoms in total. The fraction of sp³-hybridized carbons (Fsp3) is 0.500. The molecule has 0 saturated carbocycles. The molecule has 0 aliphatic carbocycles. The normalized spacial score (nSPS) is 14.7. The summed E-state index contributed by atoms with van der Waals surface area (Å²) in [6.07, 6.45) is 1.86. The van der Waals surface area contributed by atoms with E-state index in [0.717, 1.165) is 22.8 Å². The Morgan fingerprint density at radius 3 is 2.47 bits per heavy atom. The first-order valence-electron chi connectivity index (χ1n) is 4.23. The molecule has 7 heteroatoms. The molecule has 0 amide bonds. The van der Waals surface area contributed by atoms with Crippen LogP contribution >= 0.6 is 19.4 Å². The van der Waals surface area contributed by atoms with Crippen LogP contribution in [0.1, 0.15) is 11.3 Å². The molecule has 0 bridgehead atoms.